The first-order valence-corrected chi connectivity index (χ1v) is 9.91. The van der Waals surface area contributed by atoms with Crippen molar-refractivity contribution in [3.8, 4) is 0 Å². The Hall–Kier alpha value is -2.64. The van der Waals surface area contributed by atoms with Gasteiger partial charge in [-0.05, 0) is 37.8 Å². The molecule has 152 valence electrons. The van der Waals surface area contributed by atoms with E-state index < -0.39 is 10.9 Å². The molecule has 1 aromatic carbocycles. The predicted molar refractivity (Wildman–Crippen MR) is 104 cm³/mol. The number of nitro benzene ring substituents is 1. The van der Waals surface area contributed by atoms with E-state index in [1.165, 1.54) is 32.1 Å². The Kier molecular flexibility index (Phi) is 6.49. The number of carbonyl (C=O) groups excluding carboxylic acids is 2. The highest BCUT2D eigenvalue weighted by Crippen LogP contribution is 2.29. The molecule has 0 atom stereocenters. The number of hydrogen-bond donors (Lipinski definition) is 0. The van der Waals surface area contributed by atoms with Crippen molar-refractivity contribution in [1.29, 1.82) is 0 Å². The Morgan fingerprint density at radius 1 is 1.07 bits per heavy atom. The second-order valence-corrected chi connectivity index (χ2v) is 7.45. The first-order chi connectivity index (χ1) is 13.5. The zero-order valence-electron chi connectivity index (χ0n) is 16.3. The number of nitrogens with zero attached hydrogens (tertiary/aromatic N) is 3. The van der Waals surface area contributed by atoms with E-state index in [1.807, 2.05) is 4.90 Å². The molecule has 28 heavy (non-hydrogen) atoms. The van der Waals surface area contributed by atoms with Crippen molar-refractivity contribution in [3.05, 3.63) is 33.9 Å². The summed E-state index contributed by atoms with van der Waals surface area (Å²) in [5.41, 5.74) is 0.432. The van der Waals surface area contributed by atoms with Gasteiger partial charge in [0.2, 0.25) is 5.91 Å². The van der Waals surface area contributed by atoms with Crippen molar-refractivity contribution in [2.24, 2.45) is 5.92 Å². The van der Waals surface area contributed by atoms with Crippen LogP contribution < -0.4 is 4.90 Å². The first-order valence-electron chi connectivity index (χ1n) is 9.91. The summed E-state index contributed by atoms with van der Waals surface area (Å²) in [5, 5.41) is 11.2. The Bertz CT molecular complexity index is 735. The van der Waals surface area contributed by atoms with E-state index >= 15 is 0 Å². The van der Waals surface area contributed by atoms with Gasteiger partial charge >= 0.3 is 5.97 Å². The Morgan fingerprint density at radius 2 is 1.71 bits per heavy atom. The molecule has 8 nitrogen and oxygen atoms in total. The van der Waals surface area contributed by atoms with Gasteiger partial charge in [-0.3, -0.25) is 14.9 Å². The minimum absolute atomic E-state index is 0.0347. The number of hydrogen-bond acceptors (Lipinski definition) is 6. The number of benzene rings is 1. The van der Waals surface area contributed by atoms with Gasteiger partial charge < -0.3 is 14.5 Å². The number of likely N-dealkylation sites (tertiary alicyclic amines) is 1. The molecule has 0 saturated carbocycles. The molecular weight excluding hydrogens is 362 g/mol. The standard InChI is InChI=1S/C20H27N3O5/c1-28-20(25)17-14-16(6-7-18(17)23(26)27)21-12-8-15(9-13-21)19(24)22-10-4-2-3-5-11-22/h6-7,14-15H,2-5,8-13H2,1H3. The minimum atomic E-state index is -0.722. The van der Waals surface area contributed by atoms with Gasteiger partial charge in [0.25, 0.3) is 5.69 Å². The highest BCUT2D eigenvalue weighted by Gasteiger charge is 2.30. The largest absolute Gasteiger partial charge is 0.465 e. The summed E-state index contributed by atoms with van der Waals surface area (Å²) in [6.07, 6.45) is 6.07. The van der Waals surface area contributed by atoms with Crippen molar-refractivity contribution in [1.82, 2.24) is 4.90 Å². The van der Waals surface area contributed by atoms with Gasteiger partial charge in [-0.25, -0.2) is 4.79 Å². The minimum Gasteiger partial charge on any atom is -0.465 e. The van der Waals surface area contributed by atoms with Crippen LogP contribution in [0, 0.1) is 16.0 Å². The molecule has 2 saturated heterocycles. The number of rotatable bonds is 4. The number of piperidine rings is 1. The molecule has 0 unspecified atom stereocenters. The summed E-state index contributed by atoms with van der Waals surface area (Å²) in [6.45, 7) is 3.10. The van der Waals surface area contributed by atoms with Gasteiger partial charge in [-0.2, -0.15) is 0 Å². The topological polar surface area (TPSA) is 93.0 Å². The fourth-order valence-corrected chi connectivity index (χ4v) is 4.09. The summed E-state index contributed by atoms with van der Waals surface area (Å²) in [7, 11) is 1.21. The number of nitro groups is 1. The van der Waals surface area contributed by atoms with E-state index in [2.05, 4.69) is 9.64 Å². The molecule has 0 aliphatic carbocycles. The van der Waals surface area contributed by atoms with Gasteiger partial charge in [-0.1, -0.05) is 12.8 Å². The molecule has 2 aliphatic heterocycles. The smallest absolute Gasteiger partial charge is 0.344 e. The fraction of sp³-hybridized carbons (Fsp3) is 0.600. The van der Waals surface area contributed by atoms with Crippen LogP contribution >= 0.6 is 0 Å². The molecule has 3 rings (SSSR count). The van der Waals surface area contributed by atoms with Crippen LogP contribution in [0.4, 0.5) is 11.4 Å². The molecule has 0 radical (unpaired) electrons. The number of methoxy groups -OCH3 is 1. The zero-order chi connectivity index (χ0) is 20.1. The van der Waals surface area contributed by atoms with Crippen LogP contribution in [0.25, 0.3) is 0 Å². The van der Waals surface area contributed by atoms with Crippen LogP contribution in [0.3, 0.4) is 0 Å². The fourth-order valence-electron chi connectivity index (χ4n) is 4.09. The Balaban J connectivity index is 1.66. The lowest BCUT2D eigenvalue weighted by atomic mass is 9.94. The van der Waals surface area contributed by atoms with Gasteiger partial charge in [0, 0.05) is 43.9 Å². The third kappa shape index (κ3) is 4.43. The number of carbonyl (C=O) groups is 2. The predicted octanol–water partition coefficient (Wildman–Crippen LogP) is 3.00. The summed E-state index contributed by atoms with van der Waals surface area (Å²) >= 11 is 0. The lowest BCUT2D eigenvalue weighted by Gasteiger charge is -2.35. The Morgan fingerprint density at radius 3 is 2.29 bits per heavy atom. The average Bonchev–Trinajstić information content (AvgIpc) is 3.01. The molecular formula is C20H27N3O5. The molecule has 1 amide bonds. The van der Waals surface area contributed by atoms with E-state index in [0.29, 0.717) is 13.1 Å². The van der Waals surface area contributed by atoms with Crippen molar-refractivity contribution < 1.29 is 19.2 Å². The molecule has 0 spiro atoms. The second kappa shape index (κ2) is 9.03. The van der Waals surface area contributed by atoms with Crippen LogP contribution in [-0.2, 0) is 9.53 Å². The maximum atomic E-state index is 12.8. The van der Waals surface area contributed by atoms with E-state index in [4.69, 9.17) is 0 Å². The van der Waals surface area contributed by atoms with E-state index in [1.54, 1.807) is 6.07 Å². The number of esters is 1. The quantitative estimate of drug-likeness (QED) is 0.446. The highest BCUT2D eigenvalue weighted by molar-refractivity contribution is 5.95. The van der Waals surface area contributed by atoms with Crippen molar-refractivity contribution in [2.45, 2.75) is 38.5 Å². The van der Waals surface area contributed by atoms with Crippen LogP contribution in [0.2, 0.25) is 0 Å². The SMILES string of the molecule is COC(=O)c1cc(N2CCC(C(=O)N3CCCCCC3)CC2)ccc1[N+](=O)[O-]. The number of ether oxygens (including phenoxy) is 1. The lowest BCUT2D eigenvalue weighted by Crippen LogP contribution is -2.43. The van der Waals surface area contributed by atoms with Gasteiger partial charge in [0.15, 0.2) is 0 Å². The third-order valence-electron chi connectivity index (χ3n) is 5.71. The second-order valence-electron chi connectivity index (χ2n) is 7.45. The van der Waals surface area contributed by atoms with Gasteiger partial charge in [-0.15, -0.1) is 0 Å². The maximum Gasteiger partial charge on any atom is 0.344 e. The zero-order valence-corrected chi connectivity index (χ0v) is 16.3. The summed E-state index contributed by atoms with van der Waals surface area (Å²) in [5.74, 6) is -0.423. The van der Waals surface area contributed by atoms with E-state index in [0.717, 1.165) is 44.5 Å². The van der Waals surface area contributed by atoms with Crippen LogP contribution in [0.1, 0.15) is 48.9 Å². The van der Waals surface area contributed by atoms with Crippen LogP contribution in [0.15, 0.2) is 18.2 Å². The van der Waals surface area contributed by atoms with Crippen molar-refractivity contribution >= 4 is 23.3 Å². The van der Waals surface area contributed by atoms with Crippen LogP contribution in [-0.4, -0.2) is 55.0 Å². The molecule has 2 aliphatic rings. The maximum absolute atomic E-state index is 12.8. The molecule has 0 N–H and O–H groups in total. The van der Waals surface area contributed by atoms with E-state index in [-0.39, 0.29) is 23.1 Å². The number of anilines is 1. The van der Waals surface area contributed by atoms with Crippen molar-refractivity contribution in [2.75, 3.05) is 38.2 Å². The highest BCUT2D eigenvalue weighted by atomic mass is 16.6. The summed E-state index contributed by atoms with van der Waals surface area (Å²) in [6, 6.07) is 4.51. The molecule has 0 aromatic heterocycles. The number of amides is 1. The van der Waals surface area contributed by atoms with Crippen molar-refractivity contribution in [3.63, 3.8) is 0 Å². The van der Waals surface area contributed by atoms with Gasteiger partial charge in [0.05, 0.1) is 12.0 Å². The van der Waals surface area contributed by atoms with Crippen LogP contribution in [0.5, 0.6) is 0 Å². The normalized spacial score (nSPS) is 18.5. The lowest BCUT2D eigenvalue weighted by molar-refractivity contribution is -0.385. The van der Waals surface area contributed by atoms with Gasteiger partial charge in [0.1, 0.15) is 5.56 Å². The summed E-state index contributed by atoms with van der Waals surface area (Å²) < 4.78 is 4.68. The molecule has 8 heteroatoms. The molecule has 1 aromatic rings. The summed E-state index contributed by atoms with van der Waals surface area (Å²) in [4.78, 5) is 39.4. The molecule has 0 bridgehead atoms. The average molecular weight is 389 g/mol. The third-order valence-corrected chi connectivity index (χ3v) is 5.71. The first kappa shape index (κ1) is 20.1. The molecule has 2 fully saturated rings. The van der Waals surface area contributed by atoms with E-state index in [9.17, 15) is 19.7 Å². The Labute approximate surface area is 164 Å². The monoisotopic (exact) mass is 389 g/mol. The molecule has 2 heterocycles.